The summed E-state index contributed by atoms with van der Waals surface area (Å²) in [4.78, 5) is 15.1. The van der Waals surface area contributed by atoms with Crippen molar-refractivity contribution in [3.8, 4) is 0 Å². The van der Waals surface area contributed by atoms with Crippen LogP contribution in [0.5, 0.6) is 0 Å². The fourth-order valence-electron chi connectivity index (χ4n) is 5.00. The standard InChI is InChI=1S/C26H20F3NO/c1-25-15-17-10-6-7-11-19(17)22(16-8-4-3-5-9-16)23(25)20-14-18(26(27,28)29)12-13-21(20)30(2)24(25)31/h3-14H,15H2,1-2H3/t25-/m0/s1. The fourth-order valence-corrected chi connectivity index (χ4v) is 5.00. The lowest BCUT2D eigenvalue weighted by molar-refractivity contribution is -0.137. The number of hydrogen-bond acceptors (Lipinski definition) is 1. The van der Waals surface area contributed by atoms with Gasteiger partial charge in [-0.05, 0) is 59.4 Å². The summed E-state index contributed by atoms with van der Waals surface area (Å²) in [5.41, 5.74) is 3.64. The van der Waals surface area contributed by atoms with Gasteiger partial charge in [-0.1, -0.05) is 54.6 Å². The highest BCUT2D eigenvalue weighted by molar-refractivity contribution is 6.19. The van der Waals surface area contributed by atoms with Gasteiger partial charge in [-0.25, -0.2) is 0 Å². The number of carbonyl (C=O) groups excluding carboxylic acids is 1. The van der Waals surface area contributed by atoms with Crippen LogP contribution in [0.3, 0.4) is 0 Å². The van der Waals surface area contributed by atoms with Crippen LogP contribution >= 0.6 is 0 Å². The van der Waals surface area contributed by atoms with Crippen molar-refractivity contribution in [2.45, 2.75) is 19.5 Å². The maximum atomic E-state index is 13.6. The number of fused-ring (bicyclic) bond motifs is 4. The third-order valence-electron chi connectivity index (χ3n) is 6.43. The fraction of sp³-hybridized carbons (Fsp3) is 0.192. The Morgan fingerprint density at radius 3 is 2.29 bits per heavy atom. The number of carbonyl (C=O) groups is 1. The van der Waals surface area contributed by atoms with E-state index in [-0.39, 0.29) is 5.91 Å². The quantitative estimate of drug-likeness (QED) is 0.460. The topological polar surface area (TPSA) is 20.3 Å². The Balaban J connectivity index is 1.94. The van der Waals surface area contributed by atoms with Gasteiger partial charge in [0.1, 0.15) is 0 Å². The molecule has 0 saturated carbocycles. The molecule has 0 spiro atoms. The van der Waals surface area contributed by atoms with Gasteiger partial charge in [0, 0.05) is 12.6 Å². The predicted octanol–water partition coefficient (Wildman–Crippen LogP) is 6.20. The van der Waals surface area contributed by atoms with Crippen molar-refractivity contribution in [1.29, 1.82) is 0 Å². The van der Waals surface area contributed by atoms with E-state index in [0.29, 0.717) is 23.2 Å². The van der Waals surface area contributed by atoms with Gasteiger partial charge in [-0.2, -0.15) is 13.2 Å². The van der Waals surface area contributed by atoms with Gasteiger partial charge < -0.3 is 4.90 Å². The normalized spacial score (nSPS) is 20.3. The van der Waals surface area contributed by atoms with Gasteiger partial charge >= 0.3 is 6.18 Å². The molecule has 0 unspecified atom stereocenters. The van der Waals surface area contributed by atoms with Gasteiger partial charge in [-0.3, -0.25) is 4.79 Å². The van der Waals surface area contributed by atoms with Crippen LogP contribution < -0.4 is 4.90 Å². The first-order valence-electron chi connectivity index (χ1n) is 10.1. The summed E-state index contributed by atoms with van der Waals surface area (Å²) in [5, 5.41) is 0. The van der Waals surface area contributed by atoms with E-state index in [1.54, 1.807) is 7.05 Å². The lowest BCUT2D eigenvalue weighted by Crippen LogP contribution is -2.48. The zero-order valence-corrected chi connectivity index (χ0v) is 17.1. The Bertz CT molecular complexity index is 1240. The summed E-state index contributed by atoms with van der Waals surface area (Å²) in [6, 6.07) is 21.1. The highest BCUT2D eigenvalue weighted by atomic mass is 19.4. The summed E-state index contributed by atoms with van der Waals surface area (Å²) in [6.07, 6.45) is -4.03. The molecule has 0 aromatic heterocycles. The number of rotatable bonds is 1. The first kappa shape index (κ1) is 19.6. The summed E-state index contributed by atoms with van der Waals surface area (Å²) >= 11 is 0. The first-order valence-corrected chi connectivity index (χ1v) is 10.1. The van der Waals surface area contributed by atoms with Gasteiger partial charge in [-0.15, -0.1) is 0 Å². The van der Waals surface area contributed by atoms with E-state index in [9.17, 15) is 18.0 Å². The average molecular weight is 419 g/mol. The summed E-state index contributed by atoms with van der Waals surface area (Å²) < 4.78 is 40.8. The number of anilines is 1. The zero-order valence-electron chi connectivity index (χ0n) is 17.1. The van der Waals surface area contributed by atoms with Crippen LogP contribution in [0.25, 0.3) is 11.1 Å². The molecule has 1 aliphatic carbocycles. The number of halogens is 3. The maximum absolute atomic E-state index is 13.6. The number of amides is 1. The molecule has 3 aromatic carbocycles. The number of benzene rings is 3. The van der Waals surface area contributed by atoms with Crippen LogP contribution in [0.1, 0.15) is 34.7 Å². The third-order valence-corrected chi connectivity index (χ3v) is 6.43. The van der Waals surface area contributed by atoms with E-state index in [2.05, 4.69) is 0 Å². The highest BCUT2D eigenvalue weighted by Crippen LogP contribution is 2.56. The van der Waals surface area contributed by atoms with Crippen LogP contribution in [0.2, 0.25) is 0 Å². The van der Waals surface area contributed by atoms with Crippen LogP contribution in [0.4, 0.5) is 18.9 Å². The molecule has 0 bridgehead atoms. The summed E-state index contributed by atoms with van der Waals surface area (Å²) in [7, 11) is 1.64. The van der Waals surface area contributed by atoms with Crippen LogP contribution in [0, 0.1) is 5.41 Å². The third kappa shape index (κ3) is 2.83. The molecule has 0 fully saturated rings. The average Bonchev–Trinajstić information content (AvgIpc) is 2.76. The van der Waals surface area contributed by atoms with Crippen LogP contribution in [0.15, 0.2) is 72.8 Å². The first-order chi connectivity index (χ1) is 14.7. The van der Waals surface area contributed by atoms with Crippen molar-refractivity contribution in [2.75, 3.05) is 11.9 Å². The van der Waals surface area contributed by atoms with Gasteiger partial charge in [0.2, 0.25) is 5.91 Å². The minimum Gasteiger partial charge on any atom is -0.314 e. The molecule has 0 saturated heterocycles. The van der Waals surface area contributed by atoms with Crippen molar-refractivity contribution < 1.29 is 18.0 Å². The molecule has 156 valence electrons. The van der Waals surface area contributed by atoms with Crippen molar-refractivity contribution in [2.24, 2.45) is 5.41 Å². The maximum Gasteiger partial charge on any atom is 0.416 e. The molecule has 3 aromatic rings. The monoisotopic (exact) mass is 419 g/mol. The van der Waals surface area contributed by atoms with E-state index in [1.165, 1.54) is 17.0 Å². The molecule has 1 aliphatic heterocycles. The SMILES string of the molecule is CN1C(=O)[C@@]2(C)Cc3ccccc3C(c3ccccc3)=C2c2cc(C(F)(F)F)ccc21. The zero-order chi connectivity index (χ0) is 22.0. The summed E-state index contributed by atoms with van der Waals surface area (Å²) in [6.45, 7) is 1.85. The van der Waals surface area contributed by atoms with Crippen LogP contribution in [-0.4, -0.2) is 13.0 Å². The van der Waals surface area contributed by atoms with E-state index >= 15 is 0 Å². The minimum absolute atomic E-state index is 0.113. The molecule has 1 heterocycles. The molecule has 2 aliphatic rings. The second kappa shape index (κ2) is 6.58. The highest BCUT2D eigenvalue weighted by Gasteiger charge is 2.49. The second-order valence-corrected chi connectivity index (χ2v) is 8.38. The second-order valence-electron chi connectivity index (χ2n) is 8.38. The van der Waals surface area contributed by atoms with Crippen molar-refractivity contribution in [1.82, 2.24) is 0 Å². The summed E-state index contributed by atoms with van der Waals surface area (Å²) in [5.74, 6) is -0.113. The van der Waals surface area contributed by atoms with Crippen molar-refractivity contribution >= 4 is 22.7 Å². The van der Waals surface area contributed by atoms with Crippen molar-refractivity contribution in [3.63, 3.8) is 0 Å². The molecular weight excluding hydrogens is 399 g/mol. The molecule has 2 nitrogen and oxygen atoms in total. The Morgan fingerprint density at radius 2 is 1.58 bits per heavy atom. The number of alkyl halides is 3. The molecule has 0 N–H and O–H groups in total. The Hall–Kier alpha value is -3.34. The van der Waals surface area contributed by atoms with Gasteiger partial charge in [0.25, 0.3) is 0 Å². The van der Waals surface area contributed by atoms with E-state index in [4.69, 9.17) is 0 Å². The lowest BCUT2D eigenvalue weighted by Gasteiger charge is -2.45. The number of hydrogen-bond donors (Lipinski definition) is 0. The lowest BCUT2D eigenvalue weighted by atomic mass is 9.63. The largest absolute Gasteiger partial charge is 0.416 e. The molecule has 1 atom stereocenters. The van der Waals surface area contributed by atoms with E-state index in [0.717, 1.165) is 28.3 Å². The molecule has 31 heavy (non-hydrogen) atoms. The Labute approximate surface area is 178 Å². The van der Waals surface area contributed by atoms with Gasteiger partial charge in [0.05, 0.1) is 16.7 Å². The smallest absolute Gasteiger partial charge is 0.314 e. The predicted molar refractivity (Wildman–Crippen MR) is 115 cm³/mol. The molecule has 1 amide bonds. The Kier molecular flexibility index (Phi) is 4.16. The van der Waals surface area contributed by atoms with E-state index in [1.807, 2.05) is 61.5 Å². The Morgan fingerprint density at radius 1 is 0.903 bits per heavy atom. The molecule has 0 radical (unpaired) electrons. The molecule has 5 rings (SSSR count). The van der Waals surface area contributed by atoms with Gasteiger partial charge in [0.15, 0.2) is 0 Å². The van der Waals surface area contributed by atoms with Crippen LogP contribution in [-0.2, 0) is 17.4 Å². The van der Waals surface area contributed by atoms with Crippen molar-refractivity contribution in [3.05, 3.63) is 101 Å². The molecule has 5 heteroatoms. The number of nitrogens with zero attached hydrogens (tertiary/aromatic N) is 1. The minimum atomic E-state index is -4.47. The molecular formula is C26H20F3NO. The van der Waals surface area contributed by atoms with E-state index < -0.39 is 17.2 Å².